The molecule has 16 atom stereocenters. The molecule has 16 heteroatoms. The van der Waals surface area contributed by atoms with Crippen LogP contribution < -0.4 is 0 Å². The molecule has 4 bridgehead atoms. The molecule has 0 amide bonds. The Morgan fingerprint density at radius 3 is 1.56 bits per heavy atom. The van der Waals surface area contributed by atoms with Crippen molar-refractivity contribution in [2.24, 2.45) is 22.7 Å². The van der Waals surface area contributed by atoms with Crippen molar-refractivity contribution < 1.29 is 43.5 Å². The smallest absolute Gasteiger partial charge is 0.549 e. The van der Waals surface area contributed by atoms with E-state index < -0.39 is 55.6 Å². The van der Waals surface area contributed by atoms with Crippen molar-refractivity contribution in [1.82, 2.24) is 14.9 Å². The van der Waals surface area contributed by atoms with Crippen molar-refractivity contribution in [3.05, 3.63) is 136 Å². The van der Waals surface area contributed by atoms with E-state index in [0.29, 0.717) is 30.1 Å². The fraction of sp³-hybridized carbons (Fsp3) is 0.574. The average Bonchev–Trinajstić information content (AvgIpc) is 4.25. The highest BCUT2D eigenvalue weighted by Gasteiger charge is 2.70. The predicted octanol–water partition coefficient (Wildman–Crippen LogP) is 9.51. The number of pyridine rings is 2. The molecule has 6 fully saturated rings. The average molecular weight is 1110 g/mol. The maximum absolute atomic E-state index is 12.9. The number of likely N-dealkylation sites (N-methyl/N-ethyl adjacent to an activating group) is 2. The third-order valence-corrected chi connectivity index (χ3v) is 21.3. The second-order valence-corrected chi connectivity index (χ2v) is 26.2. The summed E-state index contributed by atoms with van der Waals surface area (Å²) in [5, 5.41) is 62.1. The van der Waals surface area contributed by atoms with Gasteiger partial charge in [-0.2, -0.15) is 0 Å². The second-order valence-electron chi connectivity index (χ2n) is 25.2. The van der Waals surface area contributed by atoms with E-state index in [9.17, 15) is 25.6 Å². The quantitative estimate of drug-likeness (QED) is 0.0658. The minimum atomic E-state index is -1.42. The minimum Gasteiger partial charge on any atom is -0.633 e. The van der Waals surface area contributed by atoms with Crippen LogP contribution >= 0.6 is 23.2 Å². The summed E-state index contributed by atoms with van der Waals surface area (Å²) in [4.78, 5) is 10.7. The summed E-state index contributed by atoms with van der Waals surface area (Å²) in [6, 6.07) is 17.2. The van der Waals surface area contributed by atoms with Gasteiger partial charge in [-0.1, -0.05) is 62.4 Å². The highest BCUT2D eigenvalue weighted by atomic mass is 35.5. The molecule has 10 aliphatic rings. The number of halogens is 2. The summed E-state index contributed by atoms with van der Waals surface area (Å²) < 4.78 is 30.6. The van der Waals surface area contributed by atoms with Gasteiger partial charge < -0.3 is 44.7 Å². The fourth-order valence-corrected chi connectivity index (χ4v) is 17.7. The van der Waals surface area contributed by atoms with Gasteiger partial charge in [0.15, 0.2) is 0 Å². The van der Waals surface area contributed by atoms with Crippen LogP contribution in [-0.4, -0.2) is 142 Å². The third kappa shape index (κ3) is 8.55. The van der Waals surface area contributed by atoms with Gasteiger partial charge in [-0.3, -0.25) is 18.9 Å². The molecular formula is C61H74Cl2N4O9Si. The molecule has 4 saturated carbocycles. The Balaban J connectivity index is 0.000000149. The van der Waals surface area contributed by atoms with Crippen molar-refractivity contribution in [1.29, 1.82) is 0 Å². The van der Waals surface area contributed by atoms with Crippen LogP contribution in [0, 0.1) is 27.9 Å². The topological polar surface area (TPSA) is 186 Å². The number of aromatic nitrogens is 2. The Bertz CT molecular complexity index is 3120. The van der Waals surface area contributed by atoms with Gasteiger partial charge in [-0.25, -0.2) is 0 Å². The molecule has 410 valence electrons. The monoisotopic (exact) mass is 1100 g/mol. The van der Waals surface area contributed by atoms with Crippen LogP contribution in [0.4, 0.5) is 0 Å². The number of aliphatic hydroxyl groups excluding tert-OH is 4. The van der Waals surface area contributed by atoms with Gasteiger partial charge in [0.2, 0.25) is 0 Å². The predicted molar refractivity (Wildman–Crippen MR) is 297 cm³/mol. The van der Waals surface area contributed by atoms with Gasteiger partial charge in [0.1, 0.15) is 24.4 Å². The summed E-state index contributed by atoms with van der Waals surface area (Å²) in [7, 11) is 5.68. The molecule has 14 rings (SSSR count). The molecule has 4 N–H and O–H groups in total. The molecule has 4 unspecified atom stereocenters. The van der Waals surface area contributed by atoms with Crippen LogP contribution in [0.1, 0.15) is 114 Å². The Hall–Kier alpha value is -3.74. The lowest BCUT2D eigenvalue weighted by Crippen LogP contribution is -2.65. The molecule has 6 heterocycles. The van der Waals surface area contributed by atoms with Crippen molar-refractivity contribution in [2.45, 2.75) is 162 Å². The van der Waals surface area contributed by atoms with Crippen molar-refractivity contribution in [2.75, 3.05) is 33.5 Å². The third-order valence-electron chi connectivity index (χ3n) is 21.3. The summed E-state index contributed by atoms with van der Waals surface area (Å²) >= 11 is 9.53. The van der Waals surface area contributed by atoms with E-state index in [2.05, 4.69) is 96.7 Å². The minimum absolute atomic E-state index is 0.0658. The first kappa shape index (κ1) is 55.2. The highest BCUT2D eigenvalue weighted by molar-refractivity contribution is 6.40. The number of hydroxylamine groups is 3. The number of alkyl halides is 2. The summed E-state index contributed by atoms with van der Waals surface area (Å²) in [5.41, 5.74) is 5.34. The van der Waals surface area contributed by atoms with Crippen LogP contribution in [0.25, 0.3) is 21.5 Å². The van der Waals surface area contributed by atoms with E-state index in [1.807, 2.05) is 43.8 Å². The molecule has 2 aromatic heterocycles. The number of nitrogens with zero attached hydrogens (tertiary/aromatic N) is 4. The number of hydrogen-bond donors (Lipinski definition) is 4. The molecule has 2 saturated heterocycles. The fourth-order valence-electron chi connectivity index (χ4n) is 17.7. The van der Waals surface area contributed by atoms with E-state index in [-0.39, 0.29) is 33.4 Å². The Morgan fingerprint density at radius 1 is 0.675 bits per heavy atom. The molecule has 6 aliphatic carbocycles. The van der Waals surface area contributed by atoms with Gasteiger partial charge in [-0.15, -0.1) is 23.2 Å². The number of hydrogen-bond acceptors (Lipinski definition) is 12. The number of aliphatic hydroxyl groups is 4. The van der Waals surface area contributed by atoms with Crippen molar-refractivity contribution >= 4 is 54.0 Å². The molecule has 4 aromatic rings. The summed E-state index contributed by atoms with van der Waals surface area (Å²) in [5.74, 6) is 1.74. The Morgan fingerprint density at radius 2 is 1.12 bits per heavy atom. The maximum Gasteiger partial charge on any atom is 0.549 e. The molecule has 13 nitrogen and oxygen atoms in total. The van der Waals surface area contributed by atoms with Crippen molar-refractivity contribution in [3.63, 3.8) is 0 Å². The molecule has 4 aliphatic heterocycles. The standard InChI is InChI=1S/C30H36N2O4.C30H36N2O3.CH2Cl2.O2Si/c1-28-10-8-21-15-23-26(33)27(34)24(32(2,3)35)16-29(23)11-12-30(21,36-29)25(28)7-6-22(28)19-5-4-18-9-13-31-17-20(18)14-19;1-28-10-8-21-15-23-26(33)27(34)24(32(2)3)16-29(23)11-12-30(21,35-29)25(28)7-6-22(28)19-5-4-18-9-13-31-17-20(18)14-19;2-1-3;1-3-2/h4-5,8-9,13-15,17,22,24-27,33-34H,6-7,10-12,16H2,1-3H3;4-5,8-9,13-15,17,22,24-27,33-34H,6-7,10-12,16H2,1-3H3;1H2;/t2*22-,24+,25-,26-,27?,28-,29-,30?;;/m11../s1. The van der Waals surface area contributed by atoms with E-state index in [1.165, 1.54) is 50.2 Å². The summed E-state index contributed by atoms with van der Waals surface area (Å²) in [6.45, 7) is 4.93. The number of benzene rings is 2. The van der Waals surface area contributed by atoms with Gasteiger partial charge in [0.25, 0.3) is 0 Å². The molecule has 2 aromatic carbocycles. The molecule has 4 spiro atoms. The zero-order chi connectivity index (χ0) is 54.7. The van der Waals surface area contributed by atoms with E-state index in [0.717, 1.165) is 75.4 Å². The van der Waals surface area contributed by atoms with E-state index in [1.54, 1.807) is 14.1 Å². The number of ether oxygens (including phenoxy) is 2. The number of rotatable bonds is 4. The normalized spacial score (nSPS) is 40.6. The first-order chi connectivity index (χ1) is 36.7. The van der Waals surface area contributed by atoms with Crippen LogP contribution in [0.2, 0.25) is 0 Å². The lowest BCUT2D eigenvalue weighted by Gasteiger charge is -2.57. The van der Waals surface area contributed by atoms with Gasteiger partial charge in [0, 0.05) is 48.0 Å². The zero-order valence-electron chi connectivity index (χ0n) is 45.1. The highest BCUT2D eigenvalue weighted by Crippen LogP contribution is 2.71. The number of quaternary nitrogens is 1. The van der Waals surface area contributed by atoms with Gasteiger partial charge >= 0.3 is 9.29 Å². The SMILES string of the molecule is CN(C)[C@H]1C[C@@]23CCC4(O2)C(=CC[C@]2(C)[C@@H](c5ccc6ccncc6c5)CC[C@@H]42)C=C3[C@@H](O)C1O.C[C@]12CC=C3C=C4[C@@H](O)C(O)[C@@H]([N+](C)(C)[O-])C[C@]45CCC3(O5)[C@@H]1CC[C@@H]2c1ccc2ccncc2c1.ClCCl.O=[Si]=O. The molecule has 0 radical (unpaired) electrons. The van der Waals surface area contributed by atoms with Crippen molar-refractivity contribution in [3.8, 4) is 0 Å². The van der Waals surface area contributed by atoms with Crippen LogP contribution in [0.15, 0.2) is 120 Å². The lowest BCUT2D eigenvalue weighted by atomic mass is 9.58. The number of fused-ring (bicyclic) bond motifs is 4. The van der Waals surface area contributed by atoms with Crippen LogP contribution in [-0.2, 0) is 18.4 Å². The zero-order valence-corrected chi connectivity index (χ0v) is 47.6. The van der Waals surface area contributed by atoms with Gasteiger partial charge in [0.05, 0.1) is 47.9 Å². The largest absolute Gasteiger partial charge is 0.633 e. The maximum atomic E-state index is 12.9. The Labute approximate surface area is 464 Å². The van der Waals surface area contributed by atoms with Crippen LogP contribution in [0.5, 0.6) is 0 Å². The van der Waals surface area contributed by atoms with E-state index in [4.69, 9.17) is 41.6 Å². The van der Waals surface area contributed by atoms with Crippen LogP contribution in [0.3, 0.4) is 0 Å². The molecule has 77 heavy (non-hydrogen) atoms. The summed E-state index contributed by atoms with van der Waals surface area (Å²) in [6.07, 6.45) is 24.3. The first-order valence-electron chi connectivity index (χ1n) is 27.7. The van der Waals surface area contributed by atoms with Gasteiger partial charge in [-0.05, 0) is 188 Å². The first-order valence-corrected chi connectivity index (χ1v) is 29.5. The Kier molecular flexibility index (Phi) is 14.4. The van der Waals surface area contributed by atoms with E-state index >= 15 is 0 Å². The lowest BCUT2D eigenvalue weighted by molar-refractivity contribution is -0.873. The molecular weight excluding hydrogens is 1030 g/mol. The second kappa shape index (κ2) is 20.1. The number of allylic oxidation sites excluding steroid dienone is 2.